The molecule has 0 spiro atoms. The number of aromatic nitrogens is 2. The maximum absolute atomic E-state index is 11.0. The van der Waals surface area contributed by atoms with Crippen molar-refractivity contribution in [2.45, 2.75) is 18.9 Å². The standard InChI is InChI=1S/C22H22N4O5/c1-28-18-8-14(9-19(29-2)22(18)30-3)24-20-11-23-12-21(25-20)31-15-6-4-13-5-7-17(26-27)16(13)10-15/h4,6,8-12,17H,5,7H2,1-3H3,(H,24,25). The van der Waals surface area contributed by atoms with Gasteiger partial charge in [0.2, 0.25) is 11.6 Å². The molecule has 0 saturated carbocycles. The summed E-state index contributed by atoms with van der Waals surface area (Å²) in [6, 6.07) is 8.87. The lowest BCUT2D eigenvalue weighted by atomic mass is 10.1. The van der Waals surface area contributed by atoms with Crippen LogP contribution < -0.4 is 24.3 Å². The Morgan fingerprint density at radius 1 is 1.03 bits per heavy atom. The number of anilines is 2. The summed E-state index contributed by atoms with van der Waals surface area (Å²) in [5, 5.41) is 6.37. The van der Waals surface area contributed by atoms with E-state index in [2.05, 4.69) is 20.5 Å². The van der Waals surface area contributed by atoms with E-state index in [1.165, 1.54) is 6.20 Å². The van der Waals surface area contributed by atoms with Crippen LogP contribution >= 0.6 is 0 Å². The molecule has 0 saturated heterocycles. The predicted molar refractivity (Wildman–Crippen MR) is 115 cm³/mol. The van der Waals surface area contributed by atoms with E-state index in [0.29, 0.717) is 40.4 Å². The second kappa shape index (κ2) is 8.86. The number of benzene rings is 2. The fraction of sp³-hybridized carbons (Fsp3) is 0.273. The molecule has 1 unspecified atom stereocenters. The molecule has 1 aliphatic carbocycles. The molecule has 1 N–H and O–H groups in total. The summed E-state index contributed by atoms with van der Waals surface area (Å²) < 4.78 is 22.0. The fourth-order valence-corrected chi connectivity index (χ4v) is 3.61. The van der Waals surface area contributed by atoms with Crippen LogP contribution in [-0.2, 0) is 6.42 Å². The highest BCUT2D eigenvalue weighted by Crippen LogP contribution is 2.41. The number of rotatable bonds is 8. The molecule has 4 rings (SSSR count). The van der Waals surface area contributed by atoms with Crippen LogP contribution in [0.25, 0.3) is 0 Å². The quantitative estimate of drug-likeness (QED) is 0.517. The summed E-state index contributed by atoms with van der Waals surface area (Å²) in [7, 11) is 4.65. The molecule has 0 bridgehead atoms. The lowest BCUT2D eigenvalue weighted by molar-refractivity contribution is 0.324. The number of hydrogen-bond acceptors (Lipinski definition) is 9. The van der Waals surface area contributed by atoms with Crippen LogP contribution in [-0.4, -0.2) is 31.3 Å². The molecule has 1 aromatic heterocycles. The Hall–Kier alpha value is -3.88. The van der Waals surface area contributed by atoms with Gasteiger partial charge in [0.1, 0.15) is 11.8 Å². The first-order valence-electron chi connectivity index (χ1n) is 9.67. The van der Waals surface area contributed by atoms with Gasteiger partial charge in [-0.15, -0.1) is 0 Å². The van der Waals surface area contributed by atoms with E-state index in [4.69, 9.17) is 18.9 Å². The number of nitrogens with one attached hydrogen (secondary N) is 1. The minimum Gasteiger partial charge on any atom is -0.493 e. The second-order valence-corrected chi connectivity index (χ2v) is 6.90. The topological polar surface area (TPSA) is 104 Å². The van der Waals surface area contributed by atoms with Crippen LogP contribution in [0.2, 0.25) is 0 Å². The SMILES string of the molecule is COc1cc(Nc2cncc(Oc3ccc4c(c3)C(N=O)CC4)n2)cc(OC)c1OC. The van der Waals surface area contributed by atoms with E-state index in [-0.39, 0.29) is 6.04 Å². The van der Waals surface area contributed by atoms with Crippen molar-refractivity contribution in [1.29, 1.82) is 0 Å². The van der Waals surface area contributed by atoms with Crippen LogP contribution in [0, 0.1) is 4.91 Å². The molecule has 2 aromatic carbocycles. The van der Waals surface area contributed by atoms with Crippen molar-refractivity contribution in [1.82, 2.24) is 9.97 Å². The average Bonchev–Trinajstić information content (AvgIpc) is 3.21. The van der Waals surface area contributed by atoms with Gasteiger partial charge in [-0.3, -0.25) is 4.98 Å². The molecule has 0 amide bonds. The van der Waals surface area contributed by atoms with Gasteiger partial charge in [0.25, 0.3) is 0 Å². The van der Waals surface area contributed by atoms with Gasteiger partial charge in [-0.25, -0.2) is 0 Å². The summed E-state index contributed by atoms with van der Waals surface area (Å²) in [6.07, 6.45) is 4.67. The number of fused-ring (bicyclic) bond motifs is 1. The third kappa shape index (κ3) is 4.20. The van der Waals surface area contributed by atoms with Crippen LogP contribution in [0.4, 0.5) is 11.5 Å². The molecule has 9 heteroatoms. The van der Waals surface area contributed by atoms with Crippen molar-refractivity contribution in [3.63, 3.8) is 0 Å². The summed E-state index contributed by atoms with van der Waals surface area (Å²) in [5.41, 5.74) is 2.71. The molecule has 0 aliphatic heterocycles. The van der Waals surface area contributed by atoms with Crippen molar-refractivity contribution < 1.29 is 18.9 Å². The normalized spacial score (nSPS) is 14.5. The van der Waals surface area contributed by atoms with E-state index in [9.17, 15) is 4.91 Å². The predicted octanol–water partition coefficient (Wildman–Crippen LogP) is 4.79. The lowest BCUT2D eigenvalue weighted by Crippen LogP contribution is -2.00. The van der Waals surface area contributed by atoms with E-state index in [1.54, 1.807) is 39.7 Å². The zero-order valence-electron chi connectivity index (χ0n) is 17.4. The summed E-state index contributed by atoms with van der Waals surface area (Å²) in [6.45, 7) is 0. The first-order chi connectivity index (χ1) is 15.1. The fourth-order valence-electron chi connectivity index (χ4n) is 3.61. The van der Waals surface area contributed by atoms with Crippen molar-refractivity contribution in [3.05, 3.63) is 58.8 Å². The van der Waals surface area contributed by atoms with Gasteiger partial charge in [-0.05, 0) is 36.1 Å². The van der Waals surface area contributed by atoms with Crippen LogP contribution in [0.1, 0.15) is 23.6 Å². The van der Waals surface area contributed by atoms with Gasteiger partial charge in [0.05, 0.1) is 33.7 Å². The first kappa shape index (κ1) is 20.4. The number of hydrogen-bond donors (Lipinski definition) is 1. The maximum Gasteiger partial charge on any atom is 0.239 e. The van der Waals surface area contributed by atoms with Gasteiger partial charge < -0.3 is 24.3 Å². The summed E-state index contributed by atoms with van der Waals surface area (Å²) in [4.78, 5) is 19.7. The van der Waals surface area contributed by atoms with Gasteiger partial charge in [0, 0.05) is 17.8 Å². The zero-order chi connectivity index (χ0) is 21.8. The first-order valence-corrected chi connectivity index (χ1v) is 9.67. The lowest BCUT2D eigenvalue weighted by Gasteiger charge is -2.15. The Kier molecular flexibility index (Phi) is 5.83. The third-order valence-electron chi connectivity index (χ3n) is 5.06. The number of nitroso groups, excluding NO2 is 1. The van der Waals surface area contributed by atoms with Crippen molar-refractivity contribution in [2.24, 2.45) is 5.18 Å². The minimum absolute atomic E-state index is 0.311. The maximum atomic E-state index is 11.0. The molecule has 1 atom stereocenters. The second-order valence-electron chi connectivity index (χ2n) is 6.90. The largest absolute Gasteiger partial charge is 0.493 e. The molecular formula is C22H22N4O5. The van der Waals surface area contributed by atoms with E-state index in [1.807, 2.05) is 18.2 Å². The average molecular weight is 422 g/mol. The number of nitrogens with zero attached hydrogens (tertiary/aromatic N) is 3. The van der Waals surface area contributed by atoms with Crippen LogP contribution in [0.15, 0.2) is 47.9 Å². The molecule has 3 aromatic rings. The van der Waals surface area contributed by atoms with E-state index in [0.717, 1.165) is 24.0 Å². The Labute approximate surface area is 179 Å². The van der Waals surface area contributed by atoms with Crippen LogP contribution in [0.5, 0.6) is 28.9 Å². The Balaban J connectivity index is 1.55. The number of methoxy groups -OCH3 is 3. The van der Waals surface area contributed by atoms with Crippen molar-refractivity contribution in [2.75, 3.05) is 26.6 Å². The highest BCUT2D eigenvalue weighted by Gasteiger charge is 2.23. The van der Waals surface area contributed by atoms with Crippen molar-refractivity contribution >= 4 is 11.5 Å². The Bertz CT molecular complexity index is 1080. The molecular weight excluding hydrogens is 400 g/mol. The van der Waals surface area contributed by atoms with E-state index >= 15 is 0 Å². The molecule has 0 radical (unpaired) electrons. The van der Waals surface area contributed by atoms with Gasteiger partial charge >= 0.3 is 0 Å². The highest BCUT2D eigenvalue weighted by atomic mass is 16.5. The molecule has 1 heterocycles. The Morgan fingerprint density at radius 3 is 2.48 bits per heavy atom. The van der Waals surface area contributed by atoms with Gasteiger partial charge in [-0.1, -0.05) is 11.2 Å². The van der Waals surface area contributed by atoms with Gasteiger partial charge in [0.15, 0.2) is 17.3 Å². The molecule has 0 fully saturated rings. The molecule has 160 valence electrons. The zero-order valence-corrected chi connectivity index (χ0v) is 17.4. The highest BCUT2D eigenvalue weighted by molar-refractivity contribution is 5.66. The third-order valence-corrected chi connectivity index (χ3v) is 5.06. The van der Waals surface area contributed by atoms with E-state index < -0.39 is 0 Å². The summed E-state index contributed by atoms with van der Waals surface area (Å²) in [5.74, 6) is 2.89. The number of ether oxygens (including phenoxy) is 4. The van der Waals surface area contributed by atoms with Gasteiger partial charge in [-0.2, -0.15) is 9.89 Å². The monoisotopic (exact) mass is 422 g/mol. The summed E-state index contributed by atoms with van der Waals surface area (Å²) >= 11 is 0. The minimum atomic E-state index is -0.322. The number of aryl methyl sites for hydroxylation is 1. The Morgan fingerprint density at radius 2 is 1.81 bits per heavy atom. The smallest absolute Gasteiger partial charge is 0.239 e. The molecule has 1 aliphatic rings. The van der Waals surface area contributed by atoms with Crippen molar-refractivity contribution in [3.8, 4) is 28.9 Å². The molecule has 9 nitrogen and oxygen atoms in total. The van der Waals surface area contributed by atoms with Crippen LogP contribution in [0.3, 0.4) is 0 Å². The molecule has 31 heavy (non-hydrogen) atoms.